The maximum Gasteiger partial charge on any atom is 0.433 e. The van der Waals surface area contributed by atoms with Gasteiger partial charge in [-0.2, -0.15) is 26.3 Å². The Kier molecular flexibility index (Phi) is 4.29. The zero-order chi connectivity index (χ0) is 19.1. The molecule has 0 unspecified atom stereocenters. The summed E-state index contributed by atoms with van der Waals surface area (Å²) < 4.78 is 78.5. The second kappa shape index (κ2) is 6.19. The fourth-order valence-corrected chi connectivity index (χ4v) is 2.61. The number of halogens is 6. The molecule has 0 fully saturated rings. The monoisotopic (exact) mass is 370 g/mol. The summed E-state index contributed by atoms with van der Waals surface area (Å²) in [5.74, 6) is 0. The van der Waals surface area contributed by atoms with Gasteiger partial charge in [-0.15, -0.1) is 0 Å². The standard InChI is InChI=1S/C18H12F6N2/c1-26(11-5-3-2-4-6-11)12-7-8-13-14(17(19,20)21)10-16(18(22,23)24)25-15(13)9-12/h2-10H,1H3. The van der Waals surface area contributed by atoms with E-state index in [0.29, 0.717) is 5.69 Å². The molecule has 0 radical (unpaired) electrons. The van der Waals surface area contributed by atoms with Crippen LogP contribution in [0.5, 0.6) is 0 Å². The zero-order valence-electron chi connectivity index (χ0n) is 13.4. The molecule has 26 heavy (non-hydrogen) atoms. The molecule has 1 aromatic heterocycles. The number of nitrogens with zero attached hydrogens (tertiary/aromatic N) is 2. The third-order valence-electron chi connectivity index (χ3n) is 3.92. The van der Waals surface area contributed by atoms with Crippen LogP contribution in [0.25, 0.3) is 10.9 Å². The van der Waals surface area contributed by atoms with Gasteiger partial charge >= 0.3 is 12.4 Å². The number of benzene rings is 2. The van der Waals surface area contributed by atoms with E-state index in [-0.39, 0.29) is 17.0 Å². The van der Waals surface area contributed by atoms with Crippen molar-refractivity contribution >= 4 is 22.3 Å². The topological polar surface area (TPSA) is 16.1 Å². The summed E-state index contributed by atoms with van der Waals surface area (Å²) in [7, 11) is 1.66. The summed E-state index contributed by atoms with van der Waals surface area (Å²) >= 11 is 0. The van der Waals surface area contributed by atoms with Crippen molar-refractivity contribution in [2.75, 3.05) is 11.9 Å². The Morgan fingerprint density at radius 1 is 0.769 bits per heavy atom. The molecule has 0 amide bonds. The Balaban J connectivity index is 2.20. The van der Waals surface area contributed by atoms with E-state index < -0.39 is 23.6 Å². The Labute approximate surface area is 144 Å². The summed E-state index contributed by atoms with van der Waals surface area (Å²) in [5, 5.41) is -0.379. The first-order valence-corrected chi connectivity index (χ1v) is 7.45. The lowest BCUT2D eigenvalue weighted by Crippen LogP contribution is -2.14. The van der Waals surface area contributed by atoms with Crippen molar-refractivity contribution in [2.45, 2.75) is 12.4 Å². The Morgan fingerprint density at radius 2 is 1.42 bits per heavy atom. The molecule has 8 heteroatoms. The predicted molar refractivity (Wildman–Crippen MR) is 86.3 cm³/mol. The van der Waals surface area contributed by atoms with Crippen LogP contribution in [0.3, 0.4) is 0 Å². The number of para-hydroxylation sites is 1. The molecule has 2 nitrogen and oxygen atoms in total. The van der Waals surface area contributed by atoms with Crippen molar-refractivity contribution in [2.24, 2.45) is 0 Å². The van der Waals surface area contributed by atoms with Gasteiger partial charge in [0.2, 0.25) is 0 Å². The van der Waals surface area contributed by atoms with Crippen LogP contribution in [0.4, 0.5) is 37.7 Å². The predicted octanol–water partition coefficient (Wildman–Crippen LogP) is 6.04. The summed E-state index contributed by atoms with van der Waals surface area (Å²) in [6, 6.07) is 12.7. The van der Waals surface area contributed by atoms with Gasteiger partial charge in [-0.25, -0.2) is 4.98 Å². The third kappa shape index (κ3) is 3.44. The smallest absolute Gasteiger partial charge is 0.345 e. The molecular weight excluding hydrogens is 358 g/mol. The highest BCUT2D eigenvalue weighted by Gasteiger charge is 2.39. The first kappa shape index (κ1) is 18.0. The summed E-state index contributed by atoms with van der Waals surface area (Å²) in [5.41, 5.74) is -2.15. The van der Waals surface area contributed by atoms with E-state index in [1.807, 2.05) is 0 Å². The molecule has 0 saturated heterocycles. The van der Waals surface area contributed by atoms with Crippen molar-refractivity contribution in [3.05, 3.63) is 65.9 Å². The number of hydrogen-bond donors (Lipinski definition) is 0. The molecular formula is C18H12F6N2. The maximum atomic E-state index is 13.2. The molecule has 0 saturated carbocycles. The average Bonchev–Trinajstić information content (AvgIpc) is 2.58. The molecule has 0 atom stereocenters. The van der Waals surface area contributed by atoms with E-state index in [1.165, 1.54) is 12.1 Å². The van der Waals surface area contributed by atoms with Gasteiger partial charge < -0.3 is 4.90 Å². The Morgan fingerprint density at radius 3 is 2.00 bits per heavy atom. The average molecular weight is 370 g/mol. The molecule has 0 spiro atoms. The summed E-state index contributed by atoms with van der Waals surface area (Å²) in [6.45, 7) is 0. The van der Waals surface area contributed by atoms with Crippen LogP contribution in [0.2, 0.25) is 0 Å². The zero-order valence-corrected chi connectivity index (χ0v) is 13.4. The van der Waals surface area contributed by atoms with E-state index in [1.54, 1.807) is 42.3 Å². The second-order valence-electron chi connectivity index (χ2n) is 5.65. The quantitative estimate of drug-likeness (QED) is 0.511. The molecule has 0 aliphatic carbocycles. The number of fused-ring (bicyclic) bond motifs is 1. The van der Waals surface area contributed by atoms with E-state index in [0.717, 1.165) is 11.8 Å². The van der Waals surface area contributed by atoms with Gasteiger partial charge in [0, 0.05) is 23.8 Å². The van der Waals surface area contributed by atoms with Gasteiger partial charge in [0.1, 0.15) is 5.69 Å². The highest BCUT2D eigenvalue weighted by molar-refractivity contribution is 5.87. The number of aromatic nitrogens is 1. The van der Waals surface area contributed by atoms with Gasteiger partial charge in [-0.05, 0) is 30.3 Å². The lowest BCUT2D eigenvalue weighted by molar-refractivity contribution is -0.144. The van der Waals surface area contributed by atoms with Gasteiger partial charge in [-0.3, -0.25) is 0 Å². The highest BCUT2D eigenvalue weighted by Crippen LogP contribution is 2.39. The molecule has 1 heterocycles. The lowest BCUT2D eigenvalue weighted by Gasteiger charge is -2.21. The minimum Gasteiger partial charge on any atom is -0.345 e. The summed E-state index contributed by atoms with van der Waals surface area (Å²) in [4.78, 5) is 5.05. The van der Waals surface area contributed by atoms with Crippen LogP contribution in [0.15, 0.2) is 54.6 Å². The fraction of sp³-hybridized carbons (Fsp3) is 0.167. The normalized spacial score (nSPS) is 12.4. The SMILES string of the molecule is CN(c1ccccc1)c1ccc2c(C(F)(F)F)cc(C(F)(F)F)nc2c1. The highest BCUT2D eigenvalue weighted by atomic mass is 19.4. The third-order valence-corrected chi connectivity index (χ3v) is 3.92. The first-order chi connectivity index (χ1) is 12.1. The number of rotatable bonds is 2. The molecule has 0 aliphatic heterocycles. The molecule has 3 rings (SSSR count). The molecule has 0 N–H and O–H groups in total. The van der Waals surface area contributed by atoms with E-state index >= 15 is 0 Å². The molecule has 0 aliphatic rings. The number of pyridine rings is 1. The number of hydrogen-bond acceptors (Lipinski definition) is 2. The van der Waals surface area contributed by atoms with Crippen molar-refractivity contribution in [3.8, 4) is 0 Å². The molecule has 0 bridgehead atoms. The minimum atomic E-state index is -4.98. The van der Waals surface area contributed by atoms with Crippen LogP contribution in [-0.2, 0) is 12.4 Å². The van der Waals surface area contributed by atoms with Gasteiger partial charge in [-0.1, -0.05) is 24.3 Å². The van der Waals surface area contributed by atoms with Crippen LogP contribution in [-0.4, -0.2) is 12.0 Å². The van der Waals surface area contributed by atoms with Crippen molar-refractivity contribution in [3.63, 3.8) is 0 Å². The van der Waals surface area contributed by atoms with Gasteiger partial charge in [0.05, 0.1) is 11.1 Å². The van der Waals surface area contributed by atoms with E-state index in [9.17, 15) is 26.3 Å². The largest absolute Gasteiger partial charge is 0.433 e. The number of alkyl halides is 6. The van der Waals surface area contributed by atoms with Crippen molar-refractivity contribution < 1.29 is 26.3 Å². The van der Waals surface area contributed by atoms with Crippen LogP contribution >= 0.6 is 0 Å². The van der Waals surface area contributed by atoms with Crippen LogP contribution in [0, 0.1) is 0 Å². The van der Waals surface area contributed by atoms with E-state index in [4.69, 9.17) is 0 Å². The van der Waals surface area contributed by atoms with Gasteiger partial charge in [0.25, 0.3) is 0 Å². The second-order valence-corrected chi connectivity index (χ2v) is 5.65. The first-order valence-electron chi connectivity index (χ1n) is 7.45. The Hall–Kier alpha value is -2.77. The molecule has 3 aromatic rings. The van der Waals surface area contributed by atoms with Crippen molar-refractivity contribution in [1.29, 1.82) is 0 Å². The van der Waals surface area contributed by atoms with Crippen LogP contribution in [0.1, 0.15) is 11.3 Å². The fourth-order valence-electron chi connectivity index (χ4n) is 2.61. The molecule has 2 aromatic carbocycles. The maximum absolute atomic E-state index is 13.2. The summed E-state index contributed by atoms with van der Waals surface area (Å²) in [6.07, 6.45) is -9.90. The van der Waals surface area contributed by atoms with Crippen LogP contribution < -0.4 is 4.90 Å². The Bertz CT molecular complexity index is 932. The molecule has 136 valence electrons. The minimum absolute atomic E-state index is 0.0446. The lowest BCUT2D eigenvalue weighted by atomic mass is 10.1. The van der Waals surface area contributed by atoms with E-state index in [2.05, 4.69) is 4.98 Å². The number of anilines is 2. The van der Waals surface area contributed by atoms with Gasteiger partial charge in [0.15, 0.2) is 0 Å². The van der Waals surface area contributed by atoms with Crippen molar-refractivity contribution in [1.82, 2.24) is 4.98 Å².